The molecule has 1 heterocycles. The van der Waals surface area contributed by atoms with Crippen molar-refractivity contribution in [2.24, 2.45) is 11.8 Å². The molecule has 0 spiro atoms. The number of nitrogens with zero attached hydrogens (tertiary/aromatic N) is 2. The minimum Gasteiger partial charge on any atom is -0.478 e. The summed E-state index contributed by atoms with van der Waals surface area (Å²) in [6.45, 7) is 7.51. The summed E-state index contributed by atoms with van der Waals surface area (Å²) in [6.07, 6.45) is 1.95. The molecule has 5 rings (SSSR count). The number of aromatic amines is 1. The van der Waals surface area contributed by atoms with E-state index in [4.69, 9.17) is 9.84 Å². The first-order chi connectivity index (χ1) is 27.6. The van der Waals surface area contributed by atoms with Gasteiger partial charge in [0.05, 0.1) is 5.56 Å². The SMILES string of the molecule is Cc1cc(C(=O)O)ccc1-c1ccc(CC(NC(=O)[C@H]2CC[C@H](CNC(=O)OC(C)(C)C)CC2)C(=O)Nc2ccc(-c3nc(C(F)(F)C(F)(F)C(=O)O)n[nH]3)cc2)cc1. The molecule has 1 fully saturated rings. The summed E-state index contributed by atoms with van der Waals surface area (Å²) in [7, 11) is 0. The van der Waals surface area contributed by atoms with Gasteiger partial charge in [-0.25, -0.2) is 19.4 Å². The van der Waals surface area contributed by atoms with E-state index in [0.29, 0.717) is 37.8 Å². The number of halogens is 4. The number of carboxylic acids is 2. The summed E-state index contributed by atoms with van der Waals surface area (Å²) in [5.74, 6) is -18.0. The van der Waals surface area contributed by atoms with Crippen LogP contribution in [0.3, 0.4) is 0 Å². The molecular weight excluding hydrogens is 780 g/mol. The van der Waals surface area contributed by atoms with E-state index in [-0.39, 0.29) is 40.9 Å². The summed E-state index contributed by atoms with van der Waals surface area (Å²) in [5, 5.41) is 31.5. The number of H-pyrrole nitrogens is 1. The Balaban J connectivity index is 1.29. The van der Waals surface area contributed by atoms with E-state index in [1.54, 1.807) is 52.0 Å². The van der Waals surface area contributed by atoms with Crippen LogP contribution in [0.1, 0.15) is 73.8 Å². The van der Waals surface area contributed by atoms with Gasteiger partial charge >= 0.3 is 29.9 Å². The highest BCUT2D eigenvalue weighted by atomic mass is 19.3. The molecule has 3 aromatic carbocycles. The summed E-state index contributed by atoms with van der Waals surface area (Å²) in [5.41, 5.74) is 2.94. The number of ether oxygens (including phenoxy) is 1. The molecule has 1 aliphatic carbocycles. The van der Waals surface area contributed by atoms with Crippen LogP contribution in [0.15, 0.2) is 66.7 Å². The minimum absolute atomic E-state index is 0.0814. The van der Waals surface area contributed by atoms with Crippen LogP contribution in [0.25, 0.3) is 22.5 Å². The lowest BCUT2D eigenvalue weighted by atomic mass is 9.81. The van der Waals surface area contributed by atoms with E-state index in [9.17, 15) is 46.6 Å². The van der Waals surface area contributed by atoms with Gasteiger partial charge in [0.15, 0.2) is 5.82 Å². The van der Waals surface area contributed by atoms with Crippen molar-refractivity contribution in [3.63, 3.8) is 0 Å². The number of carbonyl (C=O) groups excluding carboxylic acids is 3. The fraction of sp³-hybridized carbons (Fsp3) is 0.390. The maximum atomic E-state index is 14.2. The Morgan fingerprint density at radius 1 is 0.881 bits per heavy atom. The van der Waals surface area contributed by atoms with Gasteiger partial charge in [-0.3, -0.25) is 14.7 Å². The van der Waals surface area contributed by atoms with Crippen LogP contribution in [-0.2, 0) is 31.5 Å². The predicted molar refractivity (Wildman–Crippen MR) is 206 cm³/mol. The van der Waals surface area contributed by atoms with Crippen LogP contribution in [0, 0.1) is 18.8 Å². The summed E-state index contributed by atoms with van der Waals surface area (Å²) < 4.78 is 61.2. The molecule has 0 aliphatic heterocycles. The zero-order valence-electron chi connectivity index (χ0n) is 32.6. The molecule has 14 nitrogen and oxygen atoms in total. The van der Waals surface area contributed by atoms with Gasteiger partial charge in [0.25, 0.3) is 0 Å². The number of anilines is 1. The van der Waals surface area contributed by atoms with Gasteiger partial charge in [-0.2, -0.15) is 22.7 Å². The molecular formula is C41H44F4N6O8. The number of aryl methyl sites for hydroxylation is 1. The lowest BCUT2D eigenvalue weighted by Crippen LogP contribution is -2.48. The summed E-state index contributed by atoms with van der Waals surface area (Å²) in [6, 6.07) is 16.4. The molecule has 1 atom stereocenters. The average Bonchev–Trinajstić information content (AvgIpc) is 3.68. The lowest BCUT2D eigenvalue weighted by Gasteiger charge is -2.29. The van der Waals surface area contributed by atoms with E-state index in [0.717, 1.165) is 16.7 Å². The Hall–Kier alpha value is -6.33. The normalized spacial score (nSPS) is 16.4. The molecule has 6 N–H and O–H groups in total. The Morgan fingerprint density at radius 3 is 2.08 bits per heavy atom. The van der Waals surface area contributed by atoms with Crippen LogP contribution in [0.2, 0.25) is 0 Å². The number of alkyl carbamates (subject to hydrolysis) is 1. The largest absolute Gasteiger partial charge is 0.478 e. The van der Waals surface area contributed by atoms with Crippen LogP contribution >= 0.6 is 0 Å². The minimum atomic E-state index is -5.47. The van der Waals surface area contributed by atoms with Crippen LogP contribution in [-0.4, -0.2) is 79.4 Å². The summed E-state index contributed by atoms with van der Waals surface area (Å²) >= 11 is 0. The van der Waals surface area contributed by atoms with Gasteiger partial charge in [-0.15, -0.1) is 0 Å². The van der Waals surface area contributed by atoms with Crippen molar-refractivity contribution in [2.45, 2.75) is 83.3 Å². The molecule has 4 aromatic rings. The quantitative estimate of drug-likeness (QED) is 0.0720. The summed E-state index contributed by atoms with van der Waals surface area (Å²) in [4.78, 5) is 65.1. The van der Waals surface area contributed by atoms with E-state index in [1.807, 2.05) is 12.1 Å². The van der Waals surface area contributed by atoms with Crippen molar-refractivity contribution < 1.29 is 56.5 Å². The first kappa shape index (κ1) is 43.8. The second-order valence-corrected chi connectivity index (χ2v) is 15.4. The Kier molecular flexibility index (Phi) is 13.1. The van der Waals surface area contributed by atoms with Gasteiger partial charge in [-0.05, 0) is 118 Å². The zero-order valence-corrected chi connectivity index (χ0v) is 32.6. The lowest BCUT2D eigenvalue weighted by molar-refractivity contribution is -0.231. The highest BCUT2D eigenvalue weighted by Crippen LogP contribution is 2.42. The molecule has 0 radical (unpaired) electrons. The maximum absolute atomic E-state index is 14.2. The third-order valence-corrected chi connectivity index (χ3v) is 9.82. The number of aromatic carboxylic acids is 1. The molecule has 3 amide bonds. The van der Waals surface area contributed by atoms with Crippen molar-refractivity contribution in [1.82, 2.24) is 25.8 Å². The standard InChI is InChI=1S/C41H44F4N6O8/c1-22-19-28(35(54)55)15-18-30(22)25-9-5-23(6-10-25)20-31(48-33(52)27-11-7-24(8-12-27)21-46-38(58)59-39(2,3)4)34(53)47-29-16-13-26(14-17-29)32-49-36(51-50-32)40(42,43)41(44,45)37(56)57/h5-6,9-10,13-19,24,27,31H,7-8,11-12,20-21H2,1-4H3,(H,46,58)(H,47,53)(H,48,52)(H,54,55)(H,56,57)(H,49,50,51)/t24-,27-,31?. The number of benzene rings is 3. The van der Waals surface area contributed by atoms with Crippen LogP contribution < -0.4 is 16.0 Å². The Bertz CT molecular complexity index is 2180. The van der Waals surface area contributed by atoms with E-state index in [1.165, 1.54) is 30.3 Å². The van der Waals surface area contributed by atoms with E-state index in [2.05, 4.69) is 31.1 Å². The highest BCUT2D eigenvalue weighted by Gasteiger charge is 2.66. The zero-order chi connectivity index (χ0) is 43.3. The van der Waals surface area contributed by atoms with Gasteiger partial charge < -0.3 is 30.9 Å². The number of hydrogen-bond acceptors (Lipinski definition) is 8. The number of amides is 3. The second-order valence-electron chi connectivity index (χ2n) is 15.4. The molecule has 0 saturated heterocycles. The molecule has 1 saturated carbocycles. The number of carboxylic acid groups (broad SMARTS) is 2. The van der Waals surface area contributed by atoms with Crippen molar-refractivity contribution in [3.05, 3.63) is 89.2 Å². The number of rotatable bonds is 14. The number of aromatic nitrogens is 3. The van der Waals surface area contributed by atoms with Gasteiger partial charge in [0, 0.05) is 30.1 Å². The Labute approximate surface area is 336 Å². The van der Waals surface area contributed by atoms with E-state index >= 15 is 0 Å². The first-order valence-electron chi connectivity index (χ1n) is 18.7. The second kappa shape index (κ2) is 17.7. The average molecular weight is 825 g/mol. The van der Waals surface area contributed by atoms with Crippen LogP contribution in [0.4, 0.5) is 28.0 Å². The Morgan fingerprint density at radius 2 is 1.51 bits per heavy atom. The maximum Gasteiger partial charge on any atom is 0.411 e. The van der Waals surface area contributed by atoms with Crippen LogP contribution in [0.5, 0.6) is 0 Å². The first-order valence-corrected chi connectivity index (χ1v) is 18.7. The monoisotopic (exact) mass is 824 g/mol. The van der Waals surface area contributed by atoms with Gasteiger partial charge in [0.1, 0.15) is 11.6 Å². The van der Waals surface area contributed by atoms with Crippen molar-refractivity contribution in [2.75, 3.05) is 11.9 Å². The third kappa shape index (κ3) is 10.8. The molecule has 314 valence electrons. The number of nitrogens with one attached hydrogen (secondary N) is 4. The number of aliphatic carboxylic acids is 1. The number of hydrogen-bond donors (Lipinski definition) is 6. The molecule has 59 heavy (non-hydrogen) atoms. The van der Waals surface area contributed by atoms with E-state index < -0.39 is 59.2 Å². The molecule has 1 aromatic heterocycles. The highest BCUT2D eigenvalue weighted by molar-refractivity contribution is 5.98. The number of carbonyl (C=O) groups is 5. The molecule has 1 unspecified atom stereocenters. The smallest absolute Gasteiger partial charge is 0.411 e. The number of alkyl halides is 4. The molecule has 0 bridgehead atoms. The molecule has 1 aliphatic rings. The fourth-order valence-corrected chi connectivity index (χ4v) is 6.59. The van der Waals surface area contributed by atoms with Gasteiger partial charge in [0.2, 0.25) is 17.6 Å². The van der Waals surface area contributed by atoms with Crippen molar-refractivity contribution in [3.8, 4) is 22.5 Å². The van der Waals surface area contributed by atoms with Crippen molar-refractivity contribution >= 4 is 35.5 Å². The van der Waals surface area contributed by atoms with Crippen molar-refractivity contribution in [1.29, 1.82) is 0 Å². The van der Waals surface area contributed by atoms with Gasteiger partial charge in [-0.1, -0.05) is 30.3 Å². The molecule has 18 heteroatoms. The predicted octanol–water partition coefficient (Wildman–Crippen LogP) is 6.95. The third-order valence-electron chi connectivity index (χ3n) is 9.82. The topological polar surface area (TPSA) is 213 Å². The fourth-order valence-electron chi connectivity index (χ4n) is 6.59.